The molecular formula is C12H14N4OS. The number of aromatic nitrogens is 2. The number of hydrogen-bond donors (Lipinski definition) is 2. The number of anilines is 2. The van der Waals surface area contributed by atoms with Gasteiger partial charge in [-0.2, -0.15) is 4.98 Å². The lowest BCUT2D eigenvalue weighted by Gasteiger charge is -2.20. The maximum atomic E-state index is 5.85. The molecule has 4 heterocycles. The fourth-order valence-electron chi connectivity index (χ4n) is 2.94. The Labute approximate surface area is 108 Å². The predicted octanol–water partition coefficient (Wildman–Crippen LogP) is 2.01. The second-order valence-electron chi connectivity index (χ2n) is 4.93. The molecule has 0 aliphatic carbocycles. The van der Waals surface area contributed by atoms with Crippen molar-refractivity contribution in [1.29, 1.82) is 0 Å². The smallest absolute Gasteiger partial charge is 0.222 e. The van der Waals surface area contributed by atoms with Gasteiger partial charge in [-0.3, -0.25) is 0 Å². The number of rotatable bonds is 2. The molecule has 3 N–H and O–H groups in total. The van der Waals surface area contributed by atoms with Gasteiger partial charge in [-0.05, 0) is 30.7 Å². The summed E-state index contributed by atoms with van der Waals surface area (Å²) in [5, 5.41) is 5.51. The monoisotopic (exact) mass is 262 g/mol. The molecule has 4 rings (SSSR count). The van der Waals surface area contributed by atoms with Crippen LogP contribution < -0.4 is 11.1 Å². The maximum absolute atomic E-state index is 5.85. The second kappa shape index (κ2) is 3.80. The van der Waals surface area contributed by atoms with Crippen molar-refractivity contribution in [2.45, 2.75) is 37.5 Å². The molecule has 2 bridgehead atoms. The van der Waals surface area contributed by atoms with Crippen LogP contribution in [-0.4, -0.2) is 28.2 Å². The van der Waals surface area contributed by atoms with Crippen LogP contribution in [0, 0.1) is 0 Å². The van der Waals surface area contributed by atoms with Gasteiger partial charge in [0, 0.05) is 0 Å². The van der Waals surface area contributed by atoms with Gasteiger partial charge in [0.15, 0.2) is 0 Å². The summed E-state index contributed by atoms with van der Waals surface area (Å²) in [4.78, 5) is 8.56. The molecule has 2 aliphatic rings. The zero-order valence-electron chi connectivity index (χ0n) is 9.80. The molecule has 6 heteroatoms. The molecule has 3 atom stereocenters. The molecule has 94 valence electrons. The van der Waals surface area contributed by atoms with Crippen molar-refractivity contribution < 1.29 is 4.74 Å². The number of nitrogens with two attached hydrogens (primary N) is 1. The number of ether oxygens (including phenoxy) is 1. The van der Waals surface area contributed by atoms with Gasteiger partial charge in [0.05, 0.1) is 28.5 Å². The third-order valence-electron chi connectivity index (χ3n) is 3.75. The molecule has 2 aliphatic heterocycles. The van der Waals surface area contributed by atoms with E-state index in [1.807, 2.05) is 11.4 Å². The van der Waals surface area contributed by atoms with Crippen molar-refractivity contribution in [2.24, 2.45) is 0 Å². The number of nitrogens with zero attached hydrogens (tertiary/aromatic N) is 2. The van der Waals surface area contributed by atoms with E-state index in [0.29, 0.717) is 24.2 Å². The lowest BCUT2D eigenvalue weighted by Crippen LogP contribution is -2.30. The Bertz CT molecular complexity index is 599. The zero-order chi connectivity index (χ0) is 12.1. The first-order valence-corrected chi connectivity index (χ1v) is 7.10. The van der Waals surface area contributed by atoms with Gasteiger partial charge >= 0.3 is 0 Å². The standard InChI is InChI=1S/C12H14N4OS/c13-12-15-7-3-4-18-10(7)11(16-12)14-8-5-6-1-2-9(8)17-6/h3-4,6,8-9H,1-2,5H2,(H3,13,14,15,16). The van der Waals surface area contributed by atoms with Crippen molar-refractivity contribution >= 4 is 33.3 Å². The minimum atomic E-state index is 0.326. The molecule has 18 heavy (non-hydrogen) atoms. The molecule has 5 nitrogen and oxygen atoms in total. The van der Waals surface area contributed by atoms with Gasteiger partial charge in [-0.25, -0.2) is 4.98 Å². The number of thiophene rings is 1. The number of nitrogens with one attached hydrogen (secondary N) is 1. The topological polar surface area (TPSA) is 73.1 Å². The summed E-state index contributed by atoms with van der Waals surface area (Å²) in [5.41, 5.74) is 6.66. The summed E-state index contributed by atoms with van der Waals surface area (Å²) in [6.07, 6.45) is 4.19. The van der Waals surface area contributed by atoms with Gasteiger partial charge < -0.3 is 15.8 Å². The summed E-state index contributed by atoms with van der Waals surface area (Å²) in [6, 6.07) is 2.34. The van der Waals surface area contributed by atoms with Gasteiger partial charge in [-0.1, -0.05) is 0 Å². The first kappa shape index (κ1) is 10.5. The van der Waals surface area contributed by atoms with Crippen LogP contribution in [0.5, 0.6) is 0 Å². The number of nitrogen functional groups attached to an aromatic ring is 1. The average Bonchev–Trinajstić information content (AvgIpc) is 3.02. The van der Waals surface area contributed by atoms with Gasteiger partial charge in [0.25, 0.3) is 0 Å². The van der Waals surface area contributed by atoms with E-state index in [4.69, 9.17) is 10.5 Å². The van der Waals surface area contributed by atoms with E-state index in [2.05, 4.69) is 15.3 Å². The van der Waals surface area contributed by atoms with Crippen molar-refractivity contribution in [2.75, 3.05) is 11.1 Å². The maximum Gasteiger partial charge on any atom is 0.222 e. The third-order valence-corrected chi connectivity index (χ3v) is 4.66. The lowest BCUT2D eigenvalue weighted by atomic mass is 9.95. The molecule has 0 spiro atoms. The molecule has 2 aromatic heterocycles. The van der Waals surface area contributed by atoms with E-state index in [1.54, 1.807) is 11.3 Å². The van der Waals surface area contributed by atoms with Crippen LogP contribution in [0.25, 0.3) is 10.2 Å². The summed E-state index contributed by atoms with van der Waals surface area (Å²) in [7, 11) is 0. The van der Waals surface area contributed by atoms with E-state index in [1.165, 1.54) is 6.42 Å². The van der Waals surface area contributed by atoms with Crippen LogP contribution in [0.3, 0.4) is 0 Å². The molecule has 3 unspecified atom stereocenters. The summed E-state index contributed by atoms with van der Waals surface area (Å²) in [6.45, 7) is 0. The number of hydrogen-bond acceptors (Lipinski definition) is 6. The molecule has 2 fully saturated rings. The van der Waals surface area contributed by atoms with E-state index in [0.717, 1.165) is 28.9 Å². The highest BCUT2D eigenvalue weighted by Crippen LogP contribution is 2.37. The zero-order valence-corrected chi connectivity index (χ0v) is 10.6. The van der Waals surface area contributed by atoms with Crippen LogP contribution in [0.2, 0.25) is 0 Å². The molecule has 0 aromatic carbocycles. The van der Waals surface area contributed by atoms with Crippen molar-refractivity contribution in [3.05, 3.63) is 11.4 Å². The first-order valence-electron chi connectivity index (χ1n) is 6.22. The Hall–Kier alpha value is -1.40. The minimum absolute atomic E-state index is 0.326. The Balaban J connectivity index is 1.68. The number of fused-ring (bicyclic) bond motifs is 3. The van der Waals surface area contributed by atoms with Crippen LogP contribution in [0.1, 0.15) is 19.3 Å². The van der Waals surface area contributed by atoms with Crippen LogP contribution in [0.15, 0.2) is 11.4 Å². The van der Waals surface area contributed by atoms with E-state index >= 15 is 0 Å². The summed E-state index contributed by atoms with van der Waals surface area (Å²) >= 11 is 1.64. The second-order valence-corrected chi connectivity index (χ2v) is 5.84. The van der Waals surface area contributed by atoms with Crippen LogP contribution >= 0.6 is 11.3 Å². The van der Waals surface area contributed by atoms with Gasteiger partial charge in [-0.15, -0.1) is 11.3 Å². The molecule has 0 saturated carbocycles. The Kier molecular flexibility index (Phi) is 2.22. The van der Waals surface area contributed by atoms with Gasteiger partial charge in [0.2, 0.25) is 5.95 Å². The van der Waals surface area contributed by atoms with Crippen molar-refractivity contribution in [3.63, 3.8) is 0 Å². The van der Waals surface area contributed by atoms with E-state index in [-0.39, 0.29) is 0 Å². The van der Waals surface area contributed by atoms with Crippen LogP contribution in [0.4, 0.5) is 11.8 Å². The fraction of sp³-hybridized carbons (Fsp3) is 0.500. The molecule has 0 amide bonds. The van der Waals surface area contributed by atoms with Crippen molar-refractivity contribution in [1.82, 2.24) is 9.97 Å². The minimum Gasteiger partial charge on any atom is -0.373 e. The predicted molar refractivity (Wildman–Crippen MR) is 71.8 cm³/mol. The van der Waals surface area contributed by atoms with Crippen molar-refractivity contribution in [3.8, 4) is 0 Å². The third kappa shape index (κ3) is 1.56. The average molecular weight is 262 g/mol. The first-order chi connectivity index (χ1) is 8.79. The molecule has 2 saturated heterocycles. The Morgan fingerprint density at radius 1 is 1.39 bits per heavy atom. The quantitative estimate of drug-likeness (QED) is 0.866. The molecule has 0 radical (unpaired) electrons. The largest absolute Gasteiger partial charge is 0.373 e. The molecule has 2 aromatic rings. The SMILES string of the molecule is Nc1nc(NC2CC3CCC2O3)c2sccc2n1. The van der Waals surface area contributed by atoms with E-state index in [9.17, 15) is 0 Å². The summed E-state index contributed by atoms with van der Waals surface area (Å²) < 4.78 is 6.92. The fourth-order valence-corrected chi connectivity index (χ4v) is 3.73. The highest BCUT2D eigenvalue weighted by molar-refractivity contribution is 7.17. The normalized spacial score (nSPS) is 30.1. The Morgan fingerprint density at radius 3 is 3.11 bits per heavy atom. The Morgan fingerprint density at radius 2 is 2.33 bits per heavy atom. The summed E-state index contributed by atoms with van der Waals surface area (Å²) in [5.74, 6) is 1.18. The van der Waals surface area contributed by atoms with Crippen LogP contribution in [-0.2, 0) is 4.74 Å². The highest BCUT2D eigenvalue weighted by atomic mass is 32.1. The van der Waals surface area contributed by atoms with E-state index < -0.39 is 0 Å². The molecular weight excluding hydrogens is 248 g/mol. The van der Waals surface area contributed by atoms with Gasteiger partial charge in [0.1, 0.15) is 5.82 Å². The lowest BCUT2D eigenvalue weighted by molar-refractivity contribution is 0.102. The highest BCUT2D eigenvalue weighted by Gasteiger charge is 2.41.